The van der Waals surface area contributed by atoms with E-state index in [1.165, 1.54) is 0 Å². The third-order valence-electron chi connectivity index (χ3n) is 2.99. The van der Waals surface area contributed by atoms with Crippen molar-refractivity contribution in [2.75, 3.05) is 5.32 Å². The molecule has 19 heavy (non-hydrogen) atoms. The van der Waals surface area contributed by atoms with E-state index in [0.29, 0.717) is 28.5 Å². The molecule has 0 fully saturated rings. The Balaban J connectivity index is 2.28. The molecule has 5 heteroatoms. The summed E-state index contributed by atoms with van der Waals surface area (Å²) in [5, 5.41) is 12.9. The summed E-state index contributed by atoms with van der Waals surface area (Å²) in [4.78, 5) is 12.2. The van der Waals surface area contributed by atoms with Gasteiger partial charge in [-0.3, -0.25) is 4.79 Å². The van der Waals surface area contributed by atoms with Crippen LogP contribution in [-0.2, 0) is 6.54 Å². The zero-order valence-corrected chi connectivity index (χ0v) is 11.5. The van der Waals surface area contributed by atoms with Crippen LogP contribution in [0.1, 0.15) is 23.0 Å². The van der Waals surface area contributed by atoms with Crippen molar-refractivity contribution in [2.45, 2.75) is 20.4 Å². The van der Waals surface area contributed by atoms with Crippen LogP contribution in [0.2, 0.25) is 5.02 Å². The molecule has 2 N–H and O–H groups in total. The predicted octanol–water partition coefficient (Wildman–Crippen LogP) is 3.43. The lowest BCUT2D eigenvalue weighted by atomic mass is 10.2. The summed E-state index contributed by atoms with van der Waals surface area (Å²) in [6.45, 7) is 4.35. The highest BCUT2D eigenvalue weighted by Gasteiger charge is 2.14. The smallest absolute Gasteiger partial charge is 0.272 e. The van der Waals surface area contributed by atoms with E-state index in [-0.39, 0.29) is 11.7 Å². The molecule has 0 spiro atoms. The molecule has 0 radical (unpaired) electrons. The van der Waals surface area contributed by atoms with Crippen molar-refractivity contribution in [2.24, 2.45) is 0 Å². The van der Waals surface area contributed by atoms with Gasteiger partial charge in [-0.2, -0.15) is 0 Å². The fourth-order valence-electron chi connectivity index (χ4n) is 1.87. The lowest BCUT2D eigenvalue weighted by molar-refractivity contribution is 0.101. The van der Waals surface area contributed by atoms with Gasteiger partial charge in [0, 0.05) is 24.0 Å². The van der Waals surface area contributed by atoms with Crippen LogP contribution in [0, 0.1) is 6.92 Å². The van der Waals surface area contributed by atoms with Gasteiger partial charge < -0.3 is 15.0 Å². The standard InChI is InChI=1S/C14H15ClN2O2/c1-3-17-8-10(15)7-12(17)14(19)16-11-5-4-6-13(18)9(11)2/h4-8,18H,3H2,1-2H3,(H,16,19). The number of amides is 1. The molecule has 4 nitrogen and oxygen atoms in total. The van der Waals surface area contributed by atoms with Gasteiger partial charge in [0.15, 0.2) is 0 Å². The van der Waals surface area contributed by atoms with Gasteiger partial charge in [-0.15, -0.1) is 0 Å². The van der Waals surface area contributed by atoms with Crippen LogP contribution in [0.3, 0.4) is 0 Å². The molecule has 1 aromatic heterocycles. The van der Waals surface area contributed by atoms with Gasteiger partial charge >= 0.3 is 0 Å². The van der Waals surface area contributed by atoms with E-state index in [4.69, 9.17) is 11.6 Å². The molecule has 1 heterocycles. The highest BCUT2D eigenvalue weighted by Crippen LogP contribution is 2.24. The van der Waals surface area contributed by atoms with Gasteiger partial charge in [-0.25, -0.2) is 0 Å². The number of aromatic nitrogens is 1. The molecule has 0 aliphatic heterocycles. The highest BCUT2D eigenvalue weighted by molar-refractivity contribution is 6.31. The van der Waals surface area contributed by atoms with Crippen molar-refractivity contribution < 1.29 is 9.90 Å². The number of halogens is 1. The lowest BCUT2D eigenvalue weighted by Gasteiger charge is -2.10. The van der Waals surface area contributed by atoms with E-state index in [2.05, 4.69) is 5.32 Å². The van der Waals surface area contributed by atoms with Crippen LogP contribution >= 0.6 is 11.6 Å². The average Bonchev–Trinajstić information content (AvgIpc) is 2.76. The Kier molecular flexibility index (Phi) is 3.81. The minimum atomic E-state index is -0.248. The Morgan fingerprint density at radius 1 is 1.47 bits per heavy atom. The number of hydrogen-bond acceptors (Lipinski definition) is 2. The Labute approximate surface area is 116 Å². The Morgan fingerprint density at radius 2 is 2.21 bits per heavy atom. The second-order valence-electron chi connectivity index (χ2n) is 4.23. The molecule has 0 saturated carbocycles. The van der Waals surface area contributed by atoms with Crippen molar-refractivity contribution in [3.8, 4) is 5.75 Å². The monoisotopic (exact) mass is 278 g/mol. The molecular formula is C14H15ClN2O2. The number of carbonyl (C=O) groups is 1. The molecule has 0 bridgehead atoms. The number of aryl methyl sites for hydroxylation is 1. The molecule has 1 aromatic carbocycles. The Hall–Kier alpha value is -1.94. The third-order valence-corrected chi connectivity index (χ3v) is 3.20. The summed E-state index contributed by atoms with van der Waals surface area (Å²) < 4.78 is 1.77. The number of rotatable bonds is 3. The molecule has 0 aliphatic carbocycles. The van der Waals surface area contributed by atoms with E-state index in [0.717, 1.165) is 0 Å². The van der Waals surface area contributed by atoms with Crippen molar-refractivity contribution >= 4 is 23.2 Å². The maximum Gasteiger partial charge on any atom is 0.272 e. The summed E-state index contributed by atoms with van der Waals surface area (Å²) in [5.74, 6) is -0.0934. The van der Waals surface area contributed by atoms with E-state index < -0.39 is 0 Å². The first kappa shape index (κ1) is 13.5. The zero-order valence-electron chi connectivity index (χ0n) is 10.8. The summed E-state index contributed by atoms with van der Waals surface area (Å²) in [6.07, 6.45) is 1.71. The molecule has 0 aliphatic rings. The van der Waals surface area contributed by atoms with Crippen molar-refractivity contribution in [1.29, 1.82) is 0 Å². The van der Waals surface area contributed by atoms with Gasteiger partial charge in [0.1, 0.15) is 11.4 Å². The summed E-state index contributed by atoms with van der Waals surface area (Å²) in [7, 11) is 0. The summed E-state index contributed by atoms with van der Waals surface area (Å²) >= 11 is 5.91. The van der Waals surface area contributed by atoms with E-state index in [9.17, 15) is 9.90 Å². The fourth-order valence-corrected chi connectivity index (χ4v) is 2.09. The number of nitrogens with one attached hydrogen (secondary N) is 1. The number of carbonyl (C=O) groups excluding carboxylic acids is 1. The van der Waals surface area contributed by atoms with Crippen LogP contribution in [-0.4, -0.2) is 15.6 Å². The van der Waals surface area contributed by atoms with Crippen LogP contribution < -0.4 is 5.32 Å². The lowest BCUT2D eigenvalue weighted by Crippen LogP contribution is -2.16. The van der Waals surface area contributed by atoms with Crippen LogP contribution in [0.15, 0.2) is 30.5 Å². The molecule has 0 saturated heterocycles. The van der Waals surface area contributed by atoms with E-state index in [1.807, 2.05) is 6.92 Å². The largest absolute Gasteiger partial charge is 0.508 e. The molecule has 0 unspecified atom stereocenters. The molecule has 2 aromatic rings. The van der Waals surface area contributed by atoms with Gasteiger partial charge in [-0.1, -0.05) is 17.7 Å². The maximum absolute atomic E-state index is 12.2. The number of hydrogen-bond donors (Lipinski definition) is 2. The van der Waals surface area contributed by atoms with E-state index in [1.54, 1.807) is 42.0 Å². The topological polar surface area (TPSA) is 54.3 Å². The number of nitrogens with zero attached hydrogens (tertiary/aromatic N) is 1. The molecule has 2 rings (SSSR count). The maximum atomic E-state index is 12.2. The summed E-state index contributed by atoms with van der Waals surface area (Å²) in [5.41, 5.74) is 1.72. The van der Waals surface area contributed by atoms with Gasteiger partial charge in [-0.05, 0) is 32.0 Å². The molecule has 1 amide bonds. The fraction of sp³-hybridized carbons (Fsp3) is 0.214. The second-order valence-corrected chi connectivity index (χ2v) is 4.67. The number of aromatic hydroxyl groups is 1. The van der Waals surface area contributed by atoms with Crippen LogP contribution in [0.4, 0.5) is 5.69 Å². The zero-order chi connectivity index (χ0) is 14.0. The Morgan fingerprint density at radius 3 is 2.89 bits per heavy atom. The van der Waals surface area contributed by atoms with Crippen molar-refractivity contribution in [3.63, 3.8) is 0 Å². The average molecular weight is 279 g/mol. The van der Waals surface area contributed by atoms with Crippen molar-refractivity contribution in [1.82, 2.24) is 4.57 Å². The van der Waals surface area contributed by atoms with Gasteiger partial charge in [0.25, 0.3) is 5.91 Å². The van der Waals surface area contributed by atoms with Gasteiger partial charge in [0.2, 0.25) is 0 Å². The third kappa shape index (κ3) is 2.74. The van der Waals surface area contributed by atoms with Crippen LogP contribution in [0.5, 0.6) is 5.75 Å². The van der Waals surface area contributed by atoms with E-state index >= 15 is 0 Å². The Bertz CT molecular complexity index is 620. The minimum absolute atomic E-state index is 0.154. The summed E-state index contributed by atoms with van der Waals surface area (Å²) in [6, 6.07) is 6.63. The first-order valence-electron chi connectivity index (χ1n) is 5.98. The highest BCUT2D eigenvalue weighted by atomic mass is 35.5. The SMILES string of the molecule is CCn1cc(Cl)cc1C(=O)Nc1cccc(O)c1C. The molecular weight excluding hydrogens is 264 g/mol. The first-order chi connectivity index (χ1) is 9.02. The number of phenolic OH excluding ortho intramolecular Hbond substituents is 1. The second kappa shape index (κ2) is 5.36. The number of benzene rings is 1. The molecule has 0 atom stereocenters. The minimum Gasteiger partial charge on any atom is -0.508 e. The number of anilines is 1. The molecule has 100 valence electrons. The normalized spacial score (nSPS) is 10.5. The predicted molar refractivity (Wildman–Crippen MR) is 75.9 cm³/mol. The van der Waals surface area contributed by atoms with Crippen LogP contribution in [0.25, 0.3) is 0 Å². The first-order valence-corrected chi connectivity index (χ1v) is 6.36. The van der Waals surface area contributed by atoms with Gasteiger partial charge in [0.05, 0.1) is 5.02 Å². The quantitative estimate of drug-likeness (QED) is 0.904. The van der Waals surface area contributed by atoms with Crippen molar-refractivity contribution in [3.05, 3.63) is 46.7 Å². The number of phenols is 1.